The molecule has 3 aromatic rings. The Morgan fingerprint density at radius 1 is 1.07 bits per heavy atom. The maximum absolute atomic E-state index is 12.7. The Morgan fingerprint density at radius 2 is 1.85 bits per heavy atom. The van der Waals surface area contributed by atoms with Gasteiger partial charge in [0.25, 0.3) is 0 Å². The van der Waals surface area contributed by atoms with E-state index in [2.05, 4.69) is 14.9 Å². The van der Waals surface area contributed by atoms with Crippen molar-refractivity contribution in [1.29, 1.82) is 0 Å². The number of aromatic nitrogens is 2. The van der Waals surface area contributed by atoms with Crippen LogP contribution < -0.4 is 4.90 Å². The van der Waals surface area contributed by atoms with Gasteiger partial charge in [0.2, 0.25) is 5.91 Å². The van der Waals surface area contributed by atoms with Gasteiger partial charge in [-0.3, -0.25) is 9.78 Å². The second kappa shape index (κ2) is 8.06. The number of piperazine rings is 1. The summed E-state index contributed by atoms with van der Waals surface area (Å²) in [6.07, 6.45) is 2.08. The fourth-order valence-corrected chi connectivity index (χ4v) is 4.22. The lowest BCUT2D eigenvalue weighted by Gasteiger charge is -2.36. The third-order valence-corrected chi connectivity index (χ3v) is 5.83. The smallest absolute Gasteiger partial charge is 0.228 e. The van der Waals surface area contributed by atoms with Crippen molar-refractivity contribution in [2.45, 2.75) is 6.42 Å². The zero-order chi connectivity index (χ0) is 18.6. The molecule has 1 saturated heterocycles. The van der Waals surface area contributed by atoms with E-state index in [0.29, 0.717) is 19.5 Å². The lowest BCUT2D eigenvalue weighted by Crippen LogP contribution is -2.49. The van der Waals surface area contributed by atoms with Crippen LogP contribution in [0.2, 0.25) is 5.02 Å². The first-order valence-corrected chi connectivity index (χ1v) is 10.1. The molecule has 3 heterocycles. The largest absolute Gasteiger partial charge is 0.367 e. The van der Waals surface area contributed by atoms with Gasteiger partial charge >= 0.3 is 0 Å². The number of amides is 1. The Labute approximate surface area is 167 Å². The molecule has 7 heteroatoms. The molecule has 0 aliphatic carbocycles. The number of carbonyl (C=O) groups excluding carboxylic acids is 1. The van der Waals surface area contributed by atoms with Crippen molar-refractivity contribution < 1.29 is 4.79 Å². The van der Waals surface area contributed by atoms with Gasteiger partial charge in [0.05, 0.1) is 28.5 Å². The number of anilines is 1. The van der Waals surface area contributed by atoms with Crippen molar-refractivity contribution in [3.63, 3.8) is 0 Å². The van der Waals surface area contributed by atoms with Gasteiger partial charge in [-0.2, -0.15) is 0 Å². The summed E-state index contributed by atoms with van der Waals surface area (Å²) >= 11 is 7.81. The number of hydrogen-bond acceptors (Lipinski definition) is 5. The second-order valence-corrected chi connectivity index (χ2v) is 7.62. The summed E-state index contributed by atoms with van der Waals surface area (Å²) in [4.78, 5) is 25.7. The first-order valence-electron chi connectivity index (χ1n) is 8.84. The van der Waals surface area contributed by atoms with Crippen molar-refractivity contribution in [2.75, 3.05) is 31.1 Å². The lowest BCUT2D eigenvalue weighted by atomic mass is 10.2. The normalized spacial score (nSPS) is 14.4. The highest BCUT2D eigenvalue weighted by atomic mass is 35.5. The van der Waals surface area contributed by atoms with Crippen LogP contribution in [0.25, 0.3) is 10.7 Å². The maximum Gasteiger partial charge on any atom is 0.228 e. The molecule has 1 aliphatic heterocycles. The van der Waals surface area contributed by atoms with E-state index in [-0.39, 0.29) is 5.91 Å². The quantitative estimate of drug-likeness (QED) is 0.671. The van der Waals surface area contributed by atoms with Gasteiger partial charge in [0.1, 0.15) is 5.01 Å². The van der Waals surface area contributed by atoms with Gasteiger partial charge < -0.3 is 9.80 Å². The second-order valence-electron chi connectivity index (χ2n) is 6.35. The molecule has 27 heavy (non-hydrogen) atoms. The zero-order valence-corrected chi connectivity index (χ0v) is 16.3. The minimum atomic E-state index is 0.117. The predicted molar refractivity (Wildman–Crippen MR) is 109 cm³/mol. The number of nitrogens with zero attached hydrogens (tertiary/aromatic N) is 4. The van der Waals surface area contributed by atoms with Gasteiger partial charge in [-0.1, -0.05) is 29.8 Å². The minimum absolute atomic E-state index is 0.117. The molecule has 0 radical (unpaired) electrons. The molecule has 2 aromatic heterocycles. The summed E-state index contributed by atoms with van der Waals surface area (Å²) in [6.45, 7) is 2.96. The number of carbonyl (C=O) groups is 1. The molecule has 0 N–H and O–H groups in total. The van der Waals surface area contributed by atoms with Crippen LogP contribution in [-0.2, 0) is 11.2 Å². The van der Waals surface area contributed by atoms with Crippen molar-refractivity contribution in [1.82, 2.24) is 14.9 Å². The van der Waals surface area contributed by atoms with E-state index in [1.807, 2.05) is 52.7 Å². The molecule has 4 rings (SSSR count). The van der Waals surface area contributed by atoms with Crippen LogP contribution in [0.3, 0.4) is 0 Å². The third kappa shape index (κ3) is 4.12. The molecule has 1 fully saturated rings. The number of thiazole rings is 1. The van der Waals surface area contributed by atoms with Crippen LogP contribution in [0.1, 0.15) is 5.69 Å². The Kier molecular flexibility index (Phi) is 5.36. The highest BCUT2D eigenvalue weighted by Crippen LogP contribution is 2.26. The minimum Gasteiger partial charge on any atom is -0.367 e. The Bertz CT molecular complexity index is 922. The molecule has 0 atom stereocenters. The zero-order valence-electron chi connectivity index (χ0n) is 14.7. The third-order valence-electron chi connectivity index (χ3n) is 4.59. The van der Waals surface area contributed by atoms with Crippen molar-refractivity contribution in [3.05, 3.63) is 64.8 Å². The van der Waals surface area contributed by atoms with E-state index in [4.69, 9.17) is 11.6 Å². The van der Waals surface area contributed by atoms with Crippen LogP contribution >= 0.6 is 22.9 Å². The fraction of sp³-hybridized carbons (Fsp3) is 0.250. The number of pyridine rings is 1. The topological polar surface area (TPSA) is 49.3 Å². The van der Waals surface area contributed by atoms with E-state index in [0.717, 1.165) is 40.2 Å². The summed E-state index contributed by atoms with van der Waals surface area (Å²) in [5.41, 5.74) is 2.68. The van der Waals surface area contributed by atoms with E-state index in [1.165, 1.54) is 11.3 Å². The van der Waals surface area contributed by atoms with Crippen LogP contribution in [0.15, 0.2) is 54.0 Å². The number of para-hydroxylation sites is 1. The predicted octanol–water partition coefficient (Wildman–Crippen LogP) is 3.75. The van der Waals surface area contributed by atoms with Crippen LogP contribution in [0.4, 0.5) is 5.69 Å². The van der Waals surface area contributed by atoms with Crippen LogP contribution in [0.5, 0.6) is 0 Å². The van der Waals surface area contributed by atoms with Crippen LogP contribution in [-0.4, -0.2) is 47.0 Å². The van der Waals surface area contributed by atoms with Gasteiger partial charge in [0, 0.05) is 37.8 Å². The Morgan fingerprint density at radius 3 is 2.59 bits per heavy atom. The van der Waals surface area contributed by atoms with E-state index < -0.39 is 0 Å². The molecule has 1 aromatic carbocycles. The maximum atomic E-state index is 12.7. The molecule has 1 aliphatic rings. The van der Waals surface area contributed by atoms with Gasteiger partial charge in [-0.05, 0) is 24.3 Å². The summed E-state index contributed by atoms with van der Waals surface area (Å²) < 4.78 is 0. The standard InChI is InChI=1S/C20H19ClN4OS/c21-16-5-1-2-7-18(16)24-9-11-25(12-10-24)19(26)13-15-14-27-20(23-15)17-6-3-4-8-22-17/h1-8,14H,9-13H2. The summed E-state index contributed by atoms with van der Waals surface area (Å²) in [7, 11) is 0. The Hall–Kier alpha value is -2.44. The Balaban J connectivity index is 1.35. The first-order chi connectivity index (χ1) is 13.2. The SMILES string of the molecule is O=C(Cc1csc(-c2ccccn2)n1)N1CCN(c2ccccc2Cl)CC1. The highest BCUT2D eigenvalue weighted by molar-refractivity contribution is 7.13. The lowest BCUT2D eigenvalue weighted by molar-refractivity contribution is -0.130. The average Bonchev–Trinajstić information content (AvgIpc) is 3.18. The molecule has 1 amide bonds. The van der Waals surface area contributed by atoms with Crippen molar-refractivity contribution >= 4 is 34.5 Å². The monoisotopic (exact) mass is 398 g/mol. The molecule has 5 nitrogen and oxygen atoms in total. The molecular weight excluding hydrogens is 380 g/mol. The molecule has 0 unspecified atom stereocenters. The van der Waals surface area contributed by atoms with Crippen molar-refractivity contribution in [3.8, 4) is 10.7 Å². The number of halogens is 1. The fourth-order valence-electron chi connectivity index (χ4n) is 3.17. The molecule has 0 spiro atoms. The number of hydrogen-bond donors (Lipinski definition) is 0. The molecule has 138 valence electrons. The molecule has 0 saturated carbocycles. The van der Waals surface area contributed by atoms with E-state index >= 15 is 0 Å². The summed E-state index contributed by atoms with van der Waals surface area (Å²) in [5, 5.41) is 3.55. The van der Waals surface area contributed by atoms with Crippen LogP contribution in [0, 0.1) is 0 Å². The number of benzene rings is 1. The number of rotatable bonds is 4. The van der Waals surface area contributed by atoms with Gasteiger partial charge in [-0.25, -0.2) is 4.98 Å². The summed E-state index contributed by atoms with van der Waals surface area (Å²) in [6, 6.07) is 13.6. The van der Waals surface area contributed by atoms with E-state index in [9.17, 15) is 4.79 Å². The van der Waals surface area contributed by atoms with E-state index in [1.54, 1.807) is 6.20 Å². The first kappa shape index (κ1) is 17.9. The molecular formula is C20H19ClN4OS. The van der Waals surface area contributed by atoms with Gasteiger partial charge in [0.15, 0.2) is 0 Å². The highest BCUT2D eigenvalue weighted by Gasteiger charge is 2.23. The summed E-state index contributed by atoms with van der Waals surface area (Å²) in [5.74, 6) is 0.117. The molecule has 0 bridgehead atoms. The van der Waals surface area contributed by atoms with Crippen molar-refractivity contribution in [2.24, 2.45) is 0 Å². The van der Waals surface area contributed by atoms with Gasteiger partial charge in [-0.15, -0.1) is 11.3 Å². The average molecular weight is 399 g/mol.